The molecule has 0 radical (unpaired) electrons. The van der Waals surface area contributed by atoms with Crippen molar-refractivity contribution in [3.63, 3.8) is 0 Å². The maximum Gasteiger partial charge on any atom is 0.191 e. The van der Waals surface area contributed by atoms with Gasteiger partial charge in [-0.3, -0.25) is 4.99 Å². The van der Waals surface area contributed by atoms with Gasteiger partial charge in [-0.25, -0.2) is 0 Å². The minimum atomic E-state index is 0. The zero-order chi connectivity index (χ0) is 12.1. The summed E-state index contributed by atoms with van der Waals surface area (Å²) in [5.74, 6) is 0.942. The van der Waals surface area contributed by atoms with Crippen LogP contribution in [0.25, 0.3) is 0 Å². The van der Waals surface area contributed by atoms with Crippen molar-refractivity contribution in [1.82, 2.24) is 10.6 Å². The molecule has 1 fully saturated rings. The van der Waals surface area contributed by atoms with Crippen molar-refractivity contribution in [2.24, 2.45) is 4.99 Å². The van der Waals surface area contributed by atoms with E-state index in [4.69, 9.17) is 11.6 Å². The zero-order valence-corrected chi connectivity index (χ0v) is 14.3. The first-order valence-electron chi connectivity index (χ1n) is 6.07. The van der Waals surface area contributed by atoms with E-state index < -0.39 is 0 Å². The summed E-state index contributed by atoms with van der Waals surface area (Å²) in [5.41, 5.74) is 0. The van der Waals surface area contributed by atoms with E-state index in [-0.39, 0.29) is 24.0 Å². The average Bonchev–Trinajstić information content (AvgIpc) is 3.01. The molecule has 0 unspecified atom stereocenters. The van der Waals surface area contributed by atoms with E-state index in [1.807, 2.05) is 6.07 Å². The third-order valence-corrected chi connectivity index (χ3v) is 3.81. The molecule has 2 N–H and O–H groups in total. The zero-order valence-electron chi connectivity index (χ0n) is 10.4. The second-order valence-electron chi connectivity index (χ2n) is 4.14. The van der Waals surface area contributed by atoms with Crippen molar-refractivity contribution in [2.75, 3.05) is 13.1 Å². The molecule has 0 bridgehead atoms. The fraction of sp³-hybridized carbons (Fsp3) is 0.583. The van der Waals surface area contributed by atoms with Gasteiger partial charge in [0.05, 0.1) is 4.34 Å². The topological polar surface area (TPSA) is 36.4 Å². The van der Waals surface area contributed by atoms with Crippen LogP contribution < -0.4 is 10.6 Å². The quantitative estimate of drug-likeness (QED) is 0.453. The van der Waals surface area contributed by atoms with Gasteiger partial charge in [0.1, 0.15) is 0 Å². The highest BCUT2D eigenvalue weighted by Gasteiger charge is 2.21. The molecule has 1 aromatic heterocycles. The van der Waals surface area contributed by atoms with Gasteiger partial charge in [0.25, 0.3) is 0 Å². The molecule has 2 rings (SSSR count). The van der Waals surface area contributed by atoms with Crippen molar-refractivity contribution in [3.05, 3.63) is 21.3 Å². The molecule has 1 aliphatic rings. The van der Waals surface area contributed by atoms with Gasteiger partial charge in [0.2, 0.25) is 0 Å². The number of halogens is 2. The fourth-order valence-electron chi connectivity index (χ4n) is 1.51. The molecule has 6 heteroatoms. The van der Waals surface area contributed by atoms with Gasteiger partial charge in [-0.1, -0.05) is 11.6 Å². The molecule has 0 amide bonds. The maximum absolute atomic E-state index is 5.89. The Morgan fingerprint density at radius 2 is 2.28 bits per heavy atom. The molecular formula is C12H19ClIN3S. The molecular weight excluding hydrogens is 381 g/mol. The summed E-state index contributed by atoms with van der Waals surface area (Å²) in [6, 6.07) is 4.66. The number of hydrogen-bond donors (Lipinski definition) is 2. The Morgan fingerprint density at radius 3 is 2.83 bits per heavy atom. The van der Waals surface area contributed by atoms with E-state index >= 15 is 0 Å². The maximum atomic E-state index is 5.89. The van der Waals surface area contributed by atoms with E-state index in [0.29, 0.717) is 6.04 Å². The number of guanidine groups is 1. The van der Waals surface area contributed by atoms with Crippen LogP contribution in [0.2, 0.25) is 4.34 Å². The first-order valence-corrected chi connectivity index (χ1v) is 7.26. The predicted molar refractivity (Wildman–Crippen MR) is 90.6 cm³/mol. The van der Waals surface area contributed by atoms with Gasteiger partial charge in [-0.05, 0) is 31.9 Å². The molecule has 1 aromatic rings. The fourth-order valence-corrected chi connectivity index (χ4v) is 2.58. The molecule has 0 atom stereocenters. The Kier molecular flexibility index (Phi) is 7.33. The summed E-state index contributed by atoms with van der Waals surface area (Å²) >= 11 is 7.52. The van der Waals surface area contributed by atoms with Crippen LogP contribution in [0.4, 0.5) is 0 Å². The highest BCUT2D eigenvalue weighted by Crippen LogP contribution is 2.21. The second kappa shape index (κ2) is 8.22. The Hall–Kier alpha value is -0.0100. The number of nitrogens with zero attached hydrogens (tertiary/aromatic N) is 1. The third-order valence-electron chi connectivity index (χ3n) is 2.52. The predicted octanol–water partition coefficient (Wildman–Crippen LogP) is 3.28. The van der Waals surface area contributed by atoms with E-state index in [0.717, 1.165) is 29.8 Å². The highest BCUT2D eigenvalue weighted by molar-refractivity contribution is 14.0. The van der Waals surface area contributed by atoms with Crippen molar-refractivity contribution in [2.45, 2.75) is 32.2 Å². The first-order chi connectivity index (χ1) is 8.28. The summed E-state index contributed by atoms with van der Waals surface area (Å²) < 4.78 is 0.854. The van der Waals surface area contributed by atoms with Crippen molar-refractivity contribution < 1.29 is 0 Å². The molecule has 0 spiro atoms. The molecule has 1 saturated carbocycles. The number of aliphatic imine (C=N–C) groups is 1. The SMILES string of the molecule is CCNC(=NCCc1ccc(Cl)s1)NC1CC1.I. The summed E-state index contributed by atoms with van der Waals surface area (Å²) in [6.07, 6.45) is 3.49. The van der Waals surface area contributed by atoms with E-state index in [1.165, 1.54) is 17.7 Å². The molecule has 3 nitrogen and oxygen atoms in total. The Bertz CT molecular complexity index is 390. The standard InChI is InChI=1S/C12H18ClN3S.HI/c1-2-14-12(16-9-3-4-9)15-8-7-10-5-6-11(13)17-10;/h5-6,9H,2-4,7-8H2,1H3,(H2,14,15,16);1H. The van der Waals surface area contributed by atoms with Crippen LogP contribution in [0, 0.1) is 0 Å². The first kappa shape index (κ1) is 16.0. The number of hydrogen-bond acceptors (Lipinski definition) is 2. The van der Waals surface area contributed by atoms with Crippen molar-refractivity contribution in [1.29, 1.82) is 0 Å². The lowest BCUT2D eigenvalue weighted by molar-refractivity contribution is 0.809. The normalized spacial score (nSPS) is 15.1. The highest BCUT2D eigenvalue weighted by atomic mass is 127. The molecule has 1 heterocycles. The van der Waals surface area contributed by atoms with Gasteiger partial charge < -0.3 is 10.6 Å². The third kappa shape index (κ3) is 5.75. The van der Waals surface area contributed by atoms with E-state index in [9.17, 15) is 0 Å². The smallest absolute Gasteiger partial charge is 0.191 e. The van der Waals surface area contributed by atoms with Gasteiger partial charge >= 0.3 is 0 Å². The Balaban J connectivity index is 0.00000162. The van der Waals surface area contributed by atoms with Crippen LogP contribution >= 0.6 is 46.9 Å². The summed E-state index contributed by atoms with van der Waals surface area (Å²) in [5, 5.41) is 6.66. The van der Waals surface area contributed by atoms with Crippen LogP contribution in [0.3, 0.4) is 0 Å². The monoisotopic (exact) mass is 399 g/mol. The Morgan fingerprint density at radius 1 is 1.50 bits per heavy atom. The number of thiophene rings is 1. The van der Waals surface area contributed by atoms with Crippen LogP contribution in [0.15, 0.2) is 17.1 Å². The summed E-state index contributed by atoms with van der Waals surface area (Å²) in [7, 11) is 0. The number of nitrogens with one attached hydrogen (secondary N) is 2. The minimum absolute atomic E-state index is 0. The lowest BCUT2D eigenvalue weighted by Gasteiger charge is -2.09. The summed E-state index contributed by atoms with van der Waals surface area (Å²) in [4.78, 5) is 5.85. The van der Waals surface area contributed by atoms with Gasteiger partial charge in [0, 0.05) is 30.4 Å². The Labute approximate surface area is 134 Å². The molecule has 0 aliphatic heterocycles. The van der Waals surface area contributed by atoms with E-state index in [2.05, 4.69) is 28.6 Å². The largest absolute Gasteiger partial charge is 0.357 e. The minimum Gasteiger partial charge on any atom is -0.357 e. The van der Waals surface area contributed by atoms with Crippen LogP contribution in [0.5, 0.6) is 0 Å². The van der Waals surface area contributed by atoms with Crippen molar-refractivity contribution in [3.8, 4) is 0 Å². The van der Waals surface area contributed by atoms with Gasteiger partial charge in [-0.2, -0.15) is 0 Å². The van der Waals surface area contributed by atoms with Gasteiger partial charge in [-0.15, -0.1) is 35.3 Å². The van der Waals surface area contributed by atoms with Crippen molar-refractivity contribution >= 4 is 52.9 Å². The average molecular weight is 400 g/mol. The molecule has 0 saturated heterocycles. The molecule has 18 heavy (non-hydrogen) atoms. The van der Waals surface area contributed by atoms with Crippen LogP contribution in [-0.2, 0) is 6.42 Å². The lowest BCUT2D eigenvalue weighted by Crippen LogP contribution is -2.38. The van der Waals surface area contributed by atoms with Crippen LogP contribution in [-0.4, -0.2) is 25.1 Å². The molecule has 102 valence electrons. The van der Waals surface area contributed by atoms with Crippen LogP contribution in [0.1, 0.15) is 24.6 Å². The molecule has 0 aromatic carbocycles. The lowest BCUT2D eigenvalue weighted by atomic mass is 10.3. The van der Waals surface area contributed by atoms with E-state index in [1.54, 1.807) is 11.3 Å². The number of rotatable bonds is 5. The molecule has 1 aliphatic carbocycles. The summed E-state index contributed by atoms with van der Waals surface area (Å²) in [6.45, 7) is 3.80. The second-order valence-corrected chi connectivity index (χ2v) is 5.93. The van der Waals surface area contributed by atoms with Gasteiger partial charge in [0.15, 0.2) is 5.96 Å².